The van der Waals surface area contributed by atoms with E-state index in [-0.39, 0.29) is 0 Å². The Balaban J connectivity index is 1.39. The van der Waals surface area contributed by atoms with E-state index in [0.717, 1.165) is 28.1 Å². The van der Waals surface area contributed by atoms with Crippen molar-refractivity contribution in [3.8, 4) is 33.9 Å². The molecule has 2 heteroatoms. The first kappa shape index (κ1) is 26.8. The van der Waals surface area contributed by atoms with Crippen molar-refractivity contribution < 1.29 is 0 Å². The third-order valence-corrected chi connectivity index (χ3v) is 9.79. The average Bonchev–Trinajstić information content (AvgIpc) is 3.16. The molecule has 0 bridgehead atoms. The third-order valence-electron chi connectivity index (χ3n) is 9.79. The van der Waals surface area contributed by atoms with Gasteiger partial charge in [0.1, 0.15) is 0 Å². The van der Waals surface area contributed by atoms with Crippen LogP contribution in [0.1, 0.15) is 0 Å². The lowest BCUT2D eigenvalue weighted by molar-refractivity contribution is 1.19. The van der Waals surface area contributed by atoms with Crippen LogP contribution in [0.4, 0.5) is 0 Å². The van der Waals surface area contributed by atoms with E-state index in [1.165, 1.54) is 64.6 Å². The van der Waals surface area contributed by atoms with Gasteiger partial charge in [-0.3, -0.25) is 0 Å². The quantitative estimate of drug-likeness (QED) is 0.147. The summed E-state index contributed by atoms with van der Waals surface area (Å²) < 4.78 is 0. The molecular formula is C46H28N2. The SMILES string of the molecule is c1ccc(-c2nc(-c3c4ccccc4cc4c3ccc3ccccc34)cc(-c3c4ccccc4cc4ccc5ccccc5c34)n2)cc1. The van der Waals surface area contributed by atoms with Gasteiger partial charge in [0.05, 0.1) is 11.4 Å². The van der Waals surface area contributed by atoms with Crippen molar-refractivity contribution in [3.63, 3.8) is 0 Å². The van der Waals surface area contributed by atoms with Crippen LogP contribution >= 0.6 is 0 Å². The van der Waals surface area contributed by atoms with Crippen molar-refractivity contribution in [3.05, 3.63) is 170 Å². The van der Waals surface area contributed by atoms with Crippen LogP contribution in [0.15, 0.2) is 170 Å². The van der Waals surface area contributed by atoms with Crippen LogP contribution in [0.25, 0.3) is 98.5 Å². The van der Waals surface area contributed by atoms with Gasteiger partial charge in [-0.25, -0.2) is 9.97 Å². The molecule has 0 saturated carbocycles. The molecule has 0 N–H and O–H groups in total. The third kappa shape index (κ3) is 4.13. The number of rotatable bonds is 3. The van der Waals surface area contributed by atoms with Crippen molar-refractivity contribution in [1.82, 2.24) is 9.97 Å². The fourth-order valence-electron chi connectivity index (χ4n) is 7.62. The molecule has 0 radical (unpaired) electrons. The molecular weight excluding hydrogens is 581 g/mol. The largest absolute Gasteiger partial charge is 0.228 e. The molecule has 1 aromatic heterocycles. The van der Waals surface area contributed by atoms with Gasteiger partial charge in [-0.05, 0) is 82.8 Å². The van der Waals surface area contributed by atoms with Crippen LogP contribution < -0.4 is 0 Å². The molecule has 0 atom stereocenters. The molecule has 48 heavy (non-hydrogen) atoms. The summed E-state index contributed by atoms with van der Waals surface area (Å²) in [6, 6.07) is 60.9. The minimum Gasteiger partial charge on any atom is -0.228 e. The van der Waals surface area contributed by atoms with E-state index in [1.54, 1.807) is 0 Å². The molecule has 0 aliphatic heterocycles. The number of benzene rings is 9. The molecule has 0 unspecified atom stereocenters. The van der Waals surface area contributed by atoms with Gasteiger partial charge in [0.15, 0.2) is 5.82 Å². The number of aromatic nitrogens is 2. The number of hydrogen-bond acceptors (Lipinski definition) is 2. The Morgan fingerprint density at radius 1 is 0.292 bits per heavy atom. The predicted octanol–water partition coefficient (Wildman–Crippen LogP) is 12.4. The molecule has 0 aliphatic rings. The lowest BCUT2D eigenvalue weighted by atomic mass is 9.89. The Hall–Kier alpha value is -6.38. The maximum atomic E-state index is 5.41. The van der Waals surface area contributed by atoms with E-state index >= 15 is 0 Å². The van der Waals surface area contributed by atoms with Crippen molar-refractivity contribution in [2.45, 2.75) is 0 Å². The molecule has 2 nitrogen and oxygen atoms in total. The van der Waals surface area contributed by atoms with Gasteiger partial charge < -0.3 is 0 Å². The predicted molar refractivity (Wildman–Crippen MR) is 203 cm³/mol. The Bertz CT molecular complexity index is 2890. The number of nitrogens with zero attached hydrogens (tertiary/aromatic N) is 2. The second-order valence-electron chi connectivity index (χ2n) is 12.5. The second kappa shape index (κ2) is 10.6. The van der Waals surface area contributed by atoms with Crippen LogP contribution in [0.5, 0.6) is 0 Å². The van der Waals surface area contributed by atoms with Gasteiger partial charge in [0, 0.05) is 16.7 Å². The highest BCUT2D eigenvalue weighted by atomic mass is 14.9. The summed E-state index contributed by atoms with van der Waals surface area (Å²) in [6.45, 7) is 0. The summed E-state index contributed by atoms with van der Waals surface area (Å²) in [5.74, 6) is 0.714. The Morgan fingerprint density at radius 2 is 0.812 bits per heavy atom. The molecule has 222 valence electrons. The second-order valence-corrected chi connectivity index (χ2v) is 12.5. The highest BCUT2D eigenvalue weighted by Gasteiger charge is 2.20. The first-order valence-electron chi connectivity index (χ1n) is 16.4. The van der Waals surface area contributed by atoms with E-state index in [2.05, 4.69) is 164 Å². The summed E-state index contributed by atoms with van der Waals surface area (Å²) in [6.07, 6.45) is 0. The first-order valence-corrected chi connectivity index (χ1v) is 16.4. The van der Waals surface area contributed by atoms with Crippen molar-refractivity contribution in [2.75, 3.05) is 0 Å². The van der Waals surface area contributed by atoms with E-state index < -0.39 is 0 Å². The molecule has 0 aliphatic carbocycles. The number of hydrogen-bond donors (Lipinski definition) is 0. The zero-order valence-corrected chi connectivity index (χ0v) is 26.1. The van der Waals surface area contributed by atoms with E-state index in [1.807, 2.05) is 6.07 Å². The fraction of sp³-hybridized carbons (Fsp3) is 0. The highest BCUT2D eigenvalue weighted by molar-refractivity contribution is 6.23. The summed E-state index contributed by atoms with van der Waals surface area (Å²) in [5.41, 5.74) is 5.08. The van der Waals surface area contributed by atoms with Crippen LogP contribution in [-0.2, 0) is 0 Å². The Labute approximate surface area is 277 Å². The highest BCUT2D eigenvalue weighted by Crippen LogP contribution is 2.43. The van der Waals surface area contributed by atoms with Crippen molar-refractivity contribution in [1.29, 1.82) is 0 Å². The van der Waals surface area contributed by atoms with Gasteiger partial charge in [-0.2, -0.15) is 0 Å². The van der Waals surface area contributed by atoms with Crippen LogP contribution in [0.3, 0.4) is 0 Å². The monoisotopic (exact) mass is 608 g/mol. The zero-order valence-electron chi connectivity index (χ0n) is 26.1. The molecule has 0 spiro atoms. The van der Waals surface area contributed by atoms with Crippen molar-refractivity contribution >= 4 is 64.6 Å². The molecule has 10 aromatic rings. The van der Waals surface area contributed by atoms with Crippen LogP contribution in [0, 0.1) is 0 Å². The van der Waals surface area contributed by atoms with Crippen LogP contribution in [-0.4, -0.2) is 9.97 Å². The summed E-state index contributed by atoms with van der Waals surface area (Å²) >= 11 is 0. The minimum atomic E-state index is 0.714. The van der Waals surface area contributed by atoms with Gasteiger partial charge >= 0.3 is 0 Å². The molecule has 0 fully saturated rings. The summed E-state index contributed by atoms with van der Waals surface area (Å²) in [7, 11) is 0. The maximum absolute atomic E-state index is 5.41. The van der Waals surface area contributed by atoms with E-state index in [4.69, 9.17) is 9.97 Å². The molecule has 0 saturated heterocycles. The molecule has 0 amide bonds. The first-order chi connectivity index (χ1) is 23.8. The topological polar surface area (TPSA) is 25.8 Å². The zero-order chi connectivity index (χ0) is 31.6. The van der Waals surface area contributed by atoms with Gasteiger partial charge in [-0.1, -0.05) is 152 Å². The van der Waals surface area contributed by atoms with Gasteiger partial charge in [0.25, 0.3) is 0 Å². The summed E-state index contributed by atoms with van der Waals surface area (Å²) in [4.78, 5) is 10.8. The van der Waals surface area contributed by atoms with E-state index in [9.17, 15) is 0 Å². The van der Waals surface area contributed by atoms with E-state index in [0.29, 0.717) is 5.82 Å². The van der Waals surface area contributed by atoms with Gasteiger partial charge in [0.2, 0.25) is 0 Å². The van der Waals surface area contributed by atoms with Gasteiger partial charge in [-0.15, -0.1) is 0 Å². The Kier molecular flexibility index (Phi) is 5.91. The molecule has 9 aromatic carbocycles. The lowest BCUT2D eigenvalue weighted by Crippen LogP contribution is -1.98. The van der Waals surface area contributed by atoms with Crippen molar-refractivity contribution in [2.24, 2.45) is 0 Å². The molecule has 1 heterocycles. The minimum absolute atomic E-state index is 0.714. The Morgan fingerprint density at radius 3 is 1.56 bits per heavy atom. The standard InChI is InChI=1S/C46H28N2/c1-2-14-31(15-3-1)46-47-41(44-37-20-10-7-17-33(37)27-40-35-18-8-4-12-29(35)24-25-39(40)44)28-42(48-46)45-38-21-11-6-16-32(38)26-34-23-22-30-13-5-9-19-36(30)43(34)45/h1-28H. The number of fused-ring (bicyclic) bond motifs is 8. The fourth-order valence-corrected chi connectivity index (χ4v) is 7.62. The van der Waals surface area contributed by atoms with Crippen LogP contribution in [0.2, 0.25) is 0 Å². The normalized spacial score (nSPS) is 11.8. The lowest BCUT2D eigenvalue weighted by Gasteiger charge is -2.17. The summed E-state index contributed by atoms with van der Waals surface area (Å²) in [5, 5.41) is 14.5. The molecule has 10 rings (SSSR count). The maximum Gasteiger partial charge on any atom is 0.160 e. The smallest absolute Gasteiger partial charge is 0.160 e. The average molecular weight is 609 g/mol.